The van der Waals surface area contributed by atoms with Crippen molar-refractivity contribution in [3.8, 4) is 16.9 Å². The first-order chi connectivity index (χ1) is 12.1. The van der Waals surface area contributed by atoms with E-state index in [1.165, 1.54) is 16.7 Å². The van der Waals surface area contributed by atoms with E-state index in [4.69, 9.17) is 4.74 Å². The first-order valence-corrected chi connectivity index (χ1v) is 9.35. The van der Waals surface area contributed by atoms with Gasteiger partial charge >= 0.3 is 0 Å². The van der Waals surface area contributed by atoms with Gasteiger partial charge in [0.05, 0.1) is 0 Å². The van der Waals surface area contributed by atoms with Crippen LogP contribution in [0.3, 0.4) is 0 Å². The van der Waals surface area contributed by atoms with E-state index in [0.29, 0.717) is 5.92 Å². The van der Waals surface area contributed by atoms with E-state index in [9.17, 15) is 0 Å². The lowest BCUT2D eigenvalue weighted by Gasteiger charge is -2.22. The molecule has 0 heterocycles. The van der Waals surface area contributed by atoms with Crippen molar-refractivity contribution in [1.82, 2.24) is 0 Å². The zero-order valence-corrected chi connectivity index (χ0v) is 17.3. The standard InChI is InChI=1S/C25H32O/c1-17(2)22-14-15-23(21-12-10-9-11-13-21)24(20(22)5)26-19(4)16-18(3)25(6,7)8/h9-17H,3H2,1-2,4-8H3/b19-16+. The van der Waals surface area contributed by atoms with Gasteiger partial charge in [0.25, 0.3) is 0 Å². The van der Waals surface area contributed by atoms with Crippen LogP contribution in [0.4, 0.5) is 0 Å². The van der Waals surface area contributed by atoms with Crippen molar-refractivity contribution in [2.24, 2.45) is 5.41 Å². The zero-order valence-electron chi connectivity index (χ0n) is 17.3. The van der Waals surface area contributed by atoms with Crippen molar-refractivity contribution in [2.45, 2.75) is 54.4 Å². The molecule has 2 rings (SSSR count). The Morgan fingerprint density at radius 1 is 1.04 bits per heavy atom. The fourth-order valence-corrected chi connectivity index (χ4v) is 2.96. The lowest BCUT2D eigenvalue weighted by atomic mass is 9.87. The molecular weight excluding hydrogens is 316 g/mol. The molecule has 2 aromatic carbocycles. The Kier molecular flexibility index (Phi) is 6.13. The van der Waals surface area contributed by atoms with Crippen molar-refractivity contribution in [1.29, 1.82) is 0 Å². The molecule has 0 aliphatic carbocycles. The Hall–Kier alpha value is -2.28. The lowest BCUT2D eigenvalue weighted by Crippen LogP contribution is -2.08. The molecule has 1 heteroatoms. The number of hydrogen-bond acceptors (Lipinski definition) is 1. The molecule has 0 saturated heterocycles. The van der Waals surface area contributed by atoms with Gasteiger partial charge in [-0.3, -0.25) is 0 Å². The summed E-state index contributed by atoms with van der Waals surface area (Å²) in [6.07, 6.45) is 2.05. The van der Waals surface area contributed by atoms with Gasteiger partial charge in [-0.2, -0.15) is 0 Å². The highest BCUT2D eigenvalue weighted by atomic mass is 16.5. The van der Waals surface area contributed by atoms with Gasteiger partial charge in [-0.15, -0.1) is 0 Å². The summed E-state index contributed by atoms with van der Waals surface area (Å²) in [6, 6.07) is 14.8. The summed E-state index contributed by atoms with van der Waals surface area (Å²) in [5.74, 6) is 2.26. The Labute approximate surface area is 159 Å². The van der Waals surface area contributed by atoms with Crippen LogP contribution in [0.15, 0.2) is 66.5 Å². The predicted molar refractivity (Wildman–Crippen MR) is 114 cm³/mol. The molecule has 0 saturated carbocycles. The van der Waals surface area contributed by atoms with Crippen molar-refractivity contribution < 1.29 is 4.74 Å². The summed E-state index contributed by atoms with van der Waals surface area (Å²) in [5, 5.41) is 0. The average molecular weight is 349 g/mol. The van der Waals surface area contributed by atoms with Crippen LogP contribution < -0.4 is 4.74 Å². The summed E-state index contributed by atoms with van der Waals surface area (Å²) >= 11 is 0. The van der Waals surface area contributed by atoms with Crippen LogP contribution >= 0.6 is 0 Å². The van der Waals surface area contributed by atoms with E-state index in [-0.39, 0.29) is 5.41 Å². The molecule has 26 heavy (non-hydrogen) atoms. The Morgan fingerprint density at radius 3 is 2.19 bits per heavy atom. The molecule has 0 bridgehead atoms. The topological polar surface area (TPSA) is 9.23 Å². The number of allylic oxidation sites excluding steroid dienone is 3. The molecule has 0 aromatic heterocycles. The highest BCUT2D eigenvalue weighted by Gasteiger charge is 2.17. The largest absolute Gasteiger partial charge is 0.461 e. The summed E-state index contributed by atoms with van der Waals surface area (Å²) in [6.45, 7) is 19.3. The SMILES string of the molecule is C=C(/C=C(\C)Oc1c(-c2ccccc2)ccc(C(C)C)c1C)C(C)(C)C. The predicted octanol–water partition coefficient (Wildman–Crippen LogP) is 7.67. The average Bonchev–Trinajstić information content (AvgIpc) is 2.56. The summed E-state index contributed by atoms with van der Waals surface area (Å²) in [7, 11) is 0. The number of benzene rings is 2. The number of hydrogen-bond donors (Lipinski definition) is 0. The fourth-order valence-electron chi connectivity index (χ4n) is 2.96. The Balaban J connectivity index is 2.52. The van der Waals surface area contributed by atoms with Gasteiger partial charge in [0.1, 0.15) is 11.5 Å². The molecule has 2 aromatic rings. The molecule has 0 fully saturated rings. The number of rotatable bonds is 5. The van der Waals surface area contributed by atoms with E-state index < -0.39 is 0 Å². The van der Waals surface area contributed by atoms with Crippen LogP contribution in [-0.2, 0) is 0 Å². The van der Waals surface area contributed by atoms with E-state index >= 15 is 0 Å². The maximum Gasteiger partial charge on any atom is 0.137 e. The zero-order chi connectivity index (χ0) is 19.5. The molecule has 0 aliphatic rings. The van der Waals surface area contributed by atoms with Gasteiger partial charge in [-0.25, -0.2) is 0 Å². The van der Waals surface area contributed by atoms with Gasteiger partial charge in [0, 0.05) is 5.56 Å². The van der Waals surface area contributed by atoms with Crippen LogP contribution in [0.5, 0.6) is 5.75 Å². The highest BCUT2D eigenvalue weighted by molar-refractivity contribution is 5.73. The first kappa shape index (κ1) is 20.0. The van der Waals surface area contributed by atoms with Crippen molar-refractivity contribution in [3.05, 3.63) is 77.6 Å². The van der Waals surface area contributed by atoms with Crippen LogP contribution in [0.2, 0.25) is 0 Å². The van der Waals surface area contributed by atoms with Crippen molar-refractivity contribution >= 4 is 0 Å². The quantitative estimate of drug-likeness (QED) is 0.398. The molecular formula is C25H32O. The van der Waals surface area contributed by atoms with Crippen LogP contribution in [0.1, 0.15) is 58.6 Å². The smallest absolute Gasteiger partial charge is 0.137 e. The molecule has 0 spiro atoms. The van der Waals surface area contributed by atoms with Crippen molar-refractivity contribution in [2.75, 3.05) is 0 Å². The lowest BCUT2D eigenvalue weighted by molar-refractivity contribution is 0.420. The third-order valence-corrected chi connectivity index (χ3v) is 4.76. The van der Waals surface area contributed by atoms with Crippen LogP contribution in [0, 0.1) is 12.3 Å². The third kappa shape index (κ3) is 4.66. The minimum Gasteiger partial charge on any atom is -0.461 e. The fraction of sp³-hybridized carbons (Fsp3) is 0.360. The molecule has 0 amide bonds. The van der Waals surface area contributed by atoms with E-state index in [0.717, 1.165) is 22.6 Å². The minimum absolute atomic E-state index is 0.0295. The second kappa shape index (κ2) is 7.95. The monoisotopic (exact) mass is 348 g/mol. The van der Waals surface area contributed by atoms with Gasteiger partial charge in [-0.05, 0) is 53.5 Å². The van der Waals surface area contributed by atoms with E-state index in [2.05, 4.69) is 90.6 Å². The molecule has 0 radical (unpaired) electrons. The van der Waals surface area contributed by atoms with E-state index in [1.807, 2.05) is 13.0 Å². The summed E-state index contributed by atoms with van der Waals surface area (Å²) < 4.78 is 6.39. The number of ether oxygens (including phenoxy) is 1. The molecule has 0 atom stereocenters. The molecule has 0 unspecified atom stereocenters. The third-order valence-electron chi connectivity index (χ3n) is 4.76. The van der Waals surface area contributed by atoms with Gasteiger partial charge in [0.15, 0.2) is 0 Å². The maximum atomic E-state index is 6.39. The Bertz CT molecular complexity index is 802. The van der Waals surface area contributed by atoms with Gasteiger partial charge in [-0.1, -0.05) is 83.7 Å². The van der Waals surface area contributed by atoms with Crippen molar-refractivity contribution in [3.63, 3.8) is 0 Å². The summed E-state index contributed by atoms with van der Waals surface area (Å²) in [5.41, 5.74) is 5.92. The maximum absolute atomic E-state index is 6.39. The normalized spacial score (nSPS) is 12.4. The molecule has 1 nitrogen and oxygen atoms in total. The molecule has 0 aliphatic heterocycles. The highest BCUT2D eigenvalue weighted by Crippen LogP contribution is 2.38. The van der Waals surface area contributed by atoms with Gasteiger partial charge in [0.2, 0.25) is 0 Å². The Morgan fingerprint density at radius 2 is 1.65 bits per heavy atom. The summed E-state index contributed by atoms with van der Waals surface area (Å²) in [4.78, 5) is 0. The molecule has 138 valence electrons. The minimum atomic E-state index is 0.0295. The van der Waals surface area contributed by atoms with Gasteiger partial charge < -0.3 is 4.74 Å². The van der Waals surface area contributed by atoms with E-state index in [1.54, 1.807) is 0 Å². The molecule has 0 N–H and O–H groups in total. The van der Waals surface area contributed by atoms with Crippen LogP contribution in [-0.4, -0.2) is 0 Å². The van der Waals surface area contributed by atoms with Crippen LogP contribution in [0.25, 0.3) is 11.1 Å². The second-order valence-corrected chi connectivity index (χ2v) is 8.31. The second-order valence-electron chi connectivity index (χ2n) is 8.31. The first-order valence-electron chi connectivity index (χ1n) is 9.35.